The normalized spacial score (nSPS) is 25.0. The molecule has 1 fully saturated rings. The first-order valence-corrected chi connectivity index (χ1v) is 5.82. The molecular formula is C11H12N2S. The van der Waals surface area contributed by atoms with Gasteiger partial charge in [0.15, 0.2) is 5.17 Å². The molecule has 72 valence electrons. The van der Waals surface area contributed by atoms with Crippen molar-refractivity contribution >= 4 is 16.9 Å². The number of amidine groups is 1. The Hall–Kier alpha value is -0.960. The van der Waals surface area contributed by atoms with Crippen LogP contribution in [0.25, 0.3) is 0 Å². The second kappa shape index (κ2) is 3.31. The van der Waals surface area contributed by atoms with Crippen molar-refractivity contribution in [2.75, 3.05) is 19.6 Å². The maximum absolute atomic E-state index is 4.48. The summed E-state index contributed by atoms with van der Waals surface area (Å²) in [7, 11) is 0. The zero-order chi connectivity index (χ0) is 9.38. The second-order valence-corrected chi connectivity index (χ2v) is 4.80. The van der Waals surface area contributed by atoms with Crippen LogP contribution in [-0.2, 0) is 0 Å². The van der Waals surface area contributed by atoms with E-state index in [1.165, 1.54) is 10.7 Å². The fourth-order valence-corrected chi connectivity index (χ4v) is 3.23. The molecule has 2 aliphatic heterocycles. The molecular weight excluding hydrogens is 192 g/mol. The summed E-state index contributed by atoms with van der Waals surface area (Å²) in [6.45, 7) is 3.24. The third-order valence-corrected chi connectivity index (χ3v) is 4.00. The van der Waals surface area contributed by atoms with E-state index in [2.05, 4.69) is 40.2 Å². The van der Waals surface area contributed by atoms with Crippen molar-refractivity contribution in [2.45, 2.75) is 5.25 Å². The van der Waals surface area contributed by atoms with E-state index in [9.17, 15) is 0 Å². The molecule has 2 nitrogen and oxygen atoms in total. The van der Waals surface area contributed by atoms with Crippen molar-refractivity contribution in [1.29, 1.82) is 0 Å². The number of rotatable bonds is 1. The van der Waals surface area contributed by atoms with Gasteiger partial charge in [0.2, 0.25) is 0 Å². The van der Waals surface area contributed by atoms with Crippen molar-refractivity contribution in [3.05, 3.63) is 35.9 Å². The van der Waals surface area contributed by atoms with Crippen molar-refractivity contribution < 1.29 is 0 Å². The number of nitrogens with zero attached hydrogens (tertiary/aromatic N) is 2. The molecule has 14 heavy (non-hydrogen) atoms. The van der Waals surface area contributed by atoms with Gasteiger partial charge >= 0.3 is 0 Å². The quantitative estimate of drug-likeness (QED) is 0.696. The van der Waals surface area contributed by atoms with E-state index in [1.807, 2.05) is 11.8 Å². The van der Waals surface area contributed by atoms with E-state index in [-0.39, 0.29) is 0 Å². The Bertz CT molecular complexity index is 361. The molecule has 0 aliphatic carbocycles. The molecule has 0 N–H and O–H groups in total. The maximum Gasteiger partial charge on any atom is 0.160 e. The Morgan fingerprint density at radius 3 is 2.93 bits per heavy atom. The van der Waals surface area contributed by atoms with Crippen LogP contribution in [0.4, 0.5) is 0 Å². The van der Waals surface area contributed by atoms with E-state index >= 15 is 0 Å². The predicted molar refractivity (Wildman–Crippen MR) is 60.6 cm³/mol. The molecule has 3 rings (SSSR count). The van der Waals surface area contributed by atoms with E-state index in [0.717, 1.165) is 19.6 Å². The summed E-state index contributed by atoms with van der Waals surface area (Å²) < 4.78 is 0. The van der Waals surface area contributed by atoms with Gasteiger partial charge in [0.1, 0.15) is 0 Å². The highest BCUT2D eigenvalue weighted by molar-refractivity contribution is 8.14. The maximum atomic E-state index is 4.48. The minimum Gasteiger partial charge on any atom is -0.348 e. The summed E-state index contributed by atoms with van der Waals surface area (Å²) in [6.07, 6.45) is 0. The number of thioether (sulfide) groups is 1. The molecule has 1 saturated heterocycles. The Morgan fingerprint density at radius 1 is 1.29 bits per heavy atom. The third-order valence-electron chi connectivity index (χ3n) is 2.69. The van der Waals surface area contributed by atoms with Gasteiger partial charge in [-0.05, 0) is 5.56 Å². The summed E-state index contributed by atoms with van der Waals surface area (Å²) in [5, 5.41) is 1.84. The summed E-state index contributed by atoms with van der Waals surface area (Å²) in [5.41, 5.74) is 1.43. The summed E-state index contributed by atoms with van der Waals surface area (Å²) in [4.78, 5) is 6.87. The van der Waals surface area contributed by atoms with Crippen molar-refractivity contribution in [3.8, 4) is 0 Å². The lowest BCUT2D eigenvalue weighted by Crippen LogP contribution is -2.21. The third kappa shape index (κ3) is 1.32. The lowest BCUT2D eigenvalue weighted by Gasteiger charge is -2.11. The van der Waals surface area contributed by atoms with Crippen LogP contribution in [0.15, 0.2) is 35.3 Å². The highest BCUT2D eigenvalue weighted by atomic mass is 32.2. The molecule has 1 atom stereocenters. The first-order chi connectivity index (χ1) is 6.93. The van der Waals surface area contributed by atoms with Crippen LogP contribution >= 0.6 is 11.8 Å². The van der Waals surface area contributed by atoms with E-state index in [4.69, 9.17) is 0 Å². The minimum absolute atomic E-state index is 0.593. The molecule has 1 aromatic carbocycles. The van der Waals surface area contributed by atoms with Crippen LogP contribution < -0.4 is 0 Å². The van der Waals surface area contributed by atoms with Gasteiger partial charge in [-0.1, -0.05) is 42.1 Å². The number of hydrogen-bond donors (Lipinski definition) is 0. The Labute approximate surface area is 88.0 Å². The van der Waals surface area contributed by atoms with Crippen molar-refractivity contribution in [1.82, 2.24) is 4.90 Å². The number of hydrogen-bond acceptors (Lipinski definition) is 3. The highest BCUT2D eigenvalue weighted by Crippen LogP contribution is 2.39. The first-order valence-electron chi connectivity index (χ1n) is 4.94. The number of aliphatic imine (C=N–C) groups is 1. The Morgan fingerprint density at radius 2 is 2.14 bits per heavy atom. The topological polar surface area (TPSA) is 15.6 Å². The van der Waals surface area contributed by atoms with Crippen LogP contribution in [0.2, 0.25) is 0 Å². The summed E-state index contributed by atoms with van der Waals surface area (Å²) in [6, 6.07) is 10.7. The molecule has 3 heteroatoms. The minimum atomic E-state index is 0.593. The number of fused-ring (bicyclic) bond motifs is 1. The standard InChI is InChI=1S/C11H12N2S/c1-2-4-9(5-3-1)10-8-13-7-6-12-11(13)14-10/h1-5,10H,6-8H2/t10-/m1/s1. The summed E-state index contributed by atoms with van der Waals surface area (Å²) in [5.74, 6) is 0. The van der Waals surface area contributed by atoms with E-state index < -0.39 is 0 Å². The van der Waals surface area contributed by atoms with Gasteiger partial charge in [-0.2, -0.15) is 0 Å². The number of benzene rings is 1. The molecule has 0 spiro atoms. The van der Waals surface area contributed by atoms with Crippen LogP contribution in [0, 0.1) is 0 Å². The Kier molecular flexibility index (Phi) is 1.98. The summed E-state index contributed by atoms with van der Waals surface area (Å²) >= 11 is 1.91. The van der Waals surface area contributed by atoms with Gasteiger partial charge in [0, 0.05) is 13.1 Å². The first kappa shape index (κ1) is 8.36. The molecule has 2 heterocycles. The monoisotopic (exact) mass is 204 g/mol. The molecule has 0 aromatic heterocycles. The molecule has 0 unspecified atom stereocenters. The Balaban J connectivity index is 1.83. The van der Waals surface area contributed by atoms with Gasteiger partial charge in [-0.15, -0.1) is 0 Å². The van der Waals surface area contributed by atoms with Gasteiger partial charge in [0.05, 0.1) is 11.8 Å². The SMILES string of the molecule is c1ccc([C@H]2CN3CCN=C3S2)cc1. The lowest BCUT2D eigenvalue weighted by atomic mass is 10.1. The predicted octanol–water partition coefficient (Wildman–Crippen LogP) is 2.15. The lowest BCUT2D eigenvalue weighted by molar-refractivity contribution is 0.476. The smallest absolute Gasteiger partial charge is 0.160 e. The largest absolute Gasteiger partial charge is 0.348 e. The van der Waals surface area contributed by atoms with Gasteiger partial charge in [-0.25, -0.2) is 0 Å². The average Bonchev–Trinajstić information content (AvgIpc) is 2.78. The zero-order valence-corrected chi connectivity index (χ0v) is 8.70. The molecule has 0 amide bonds. The second-order valence-electron chi connectivity index (χ2n) is 3.63. The van der Waals surface area contributed by atoms with Crippen LogP contribution in [0.5, 0.6) is 0 Å². The van der Waals surface area contributed by atoms with Gasteiger partial charge in [-0.3, -0.25) is 4.99 Å². The van der Waals surface area contributed by atoms with Crippen LogP contribution in [-0.4, -0.2) is 29.7 Å². The zero-order valence-electron chi connectivity index (χ0n) is 7.89. The van der Waals surface area contributed by atoms with Gasteiger partial charge in [0.25, 0.3) is 0 Å². The molecule has 0 bridgehead atoms. The molecule has 2 aliphatic rings. The highest BCUT2D eigenvalue weighted by Gasteiger charge is 2.31. The molecule has 0 radical (unpaired) electrons. The average molecular weight is 204 g/mol. The van der Waals surface area contributed by atoms with Crippen molar-refractivity contribution in [3.63, 3.8) is 0 Å². The van der Waals surface area contributed by atoms with Crippen LogP contribution in [0.3, 0.4) is 0 Å². The van der Waals surface area contributed by atoms with E-state index in [1.54, 1.807) is 0 Å². The molecule has 0 saturated carbocycles. The van der Waals surface area contributed by atoms with Gasteiger partial charge < -0.3 is 4.90 Å². The fraction of sp³-hybridized carbons (Fsp3) is 0.364. The van der Waals surface area contributed by atoms with Crippen molar-refractivity contribution in [2.24, 2.45) is 4.99 Å². The van der Waals surface area contributed by atoms with Crippen LogP contribution in [0.1, 0.15) is 10.8 Å². The van der Waals surface area contributed by atoms with E-state index in [0.29, 0.717) is 5.25 Å². The fourth-order valence-electron chi connectivity index (χ4n) is 1.95. The molecule has 1 aromatic rings.